The SMILES string of the molecule is O=C(NS(=O)(=O)c1cccc(Br)c1)c1ccc(Cl)cc1Cl. The molecule has 0 unspecified atom stereocenters. The molecule has 0 aliphatic heterocycles. The highest BCUT2D eigenvalue weighted by molar-refractivity contribution is 9.10. The fourth-order valence-electron chi connectivity index (χ4n) is 1.54. The Hall–Kier alpha value is -1.08. The Morgan fingerprint density at radius 2 is 1.81 bits per heavy atom. The van der Waals surface area contributed by atoms with Crippen molar-refractivity contribution in [2.75, 3.05) is 0 Å². The Morgan fingerprint density at radius 3 is 2.43 bits per heavy atom. The summed E-state index contributed by atoms with van der Waals surface area (Å²) in [6, 6.07) is 10.2. The first kappa shape index (κ1) is 16.3. The van der Waals surface area contributed by atoms with Crippen LogP contribution in [-0.2, 0) is 10.0 Å². The topological polar surface area (TPSA) is 63.2 Å². The minimum absolute atomic E-state index is 0.0274. The van der Waals surface area contributed by atoms with E-state index in [-0.39, 0.29) is 15.5 Å². The summed E-state index contributed by atoms with van der Waals surface area (Å²) in [4.78, 5) is 12.0. The number of rotatable bonds is 3. The molecule has 1 N–H and O–H groups in total. The first-order valence-corrected chi connectivity index (χ1v) is 8.60. The molecule has 0 radical (unpaired) electrons. The maximum atomic E-state index is 12.1. The predicted molar refractivity (Wildman–Crippen MR) is 85.3 cm³/mol. The van der Waals surface area contributed by atoms with Gasteiger partial charge >= 0.3 is 0 Å². The number of hydrogen-bond acceptors (Lipinski definition) is 3. The van der Waals surface area contributed by atoms with E-state index in [1.54, 1.807) is 12.1 Å². The number of carbonyl (C=O) groups is 1. The van der Waals surface area contributed by atoms with Gasteiger partial charge in [0.15, 0.2) is 0 Å². The van der Waals surface area contributed by atoms with Crippen molar-refractivity contribution in [1.29, 1.82) is 0 Å². The molecule has 2 aromatic rings. The van der Waals surface area contributed by atoms with E-state index >= 15 is 0 Å². The van der Waals surface area contributed by atoms with Crippen LogP contribution in [0.3, 0.4) is 0 Å². The van der Waals surface area contributed by atoms with E-state index in [0.717, 1.165) is 0 Å². The van der Waals surface area contributed by atoms with Gasteiger partial charge in [-0.15, -0.1) is 0 Å². The maximum Gasteiger partial charge on any atom is 0.266 e. The van der Waals surface area contributed by atoms with Crippen molar-refractivity contribution < 1.29 is 13.2 Å². The average Bonchev–Trinajstić information content (AvgIpc) is 2.37. The summed E-state index contributed by atoms with van der Waals surface area (Å²) in [5, 5.41) is 0.427. The zero-order chi connectivity index (χ0) is 15.6. The lowest BCUT2D eigenvalue weighted by molar-refractivity contribution is 0.0981. The van der Waals surface area contributed by atoms with Gasteiger partial charge < -0.3 is 0 Å². The van der Waals surface area contributed by atoms with Crippen molar-refractivity contribution in [3.8, 4) is 0 Å². The molecule has 4 nitrogen and oxygen atoms in total. The van der Waals surface area contributed by atoms with Gasteiger partial charge in [-0.05, 0) is 36.4 Å². The van der Waals surface area contributed by atoms with E-state index in [0.29, 0.717) is 9.50 Å². The smallest absolute Gasteiger partial charge is 0.266 e. The van der Waals surface area contributed by atoms with Crippen LogP contribution in [0, 0.1) is 0 Å². The zero-order valence-electron chi connectivity index (χ0n) is 10.3. The molecule has 0 fully saturated rings. The fourth-order valence-corrected chi connectivity index (χ4v) is 3.60. The molecular weight excluding hydrogens is 401 g/mol. The molecule has 0 saturated carbocycles. The Bertz CT molecular complexity index is 809. The Balaban J connectivity index is 2.30. The lowest BCUT2D eigenvalue weighted by Crippen LogP contribution is -2.30. The molecule has 0 atom stereocenters. The second kappa shape index (κ2) is 6.36. The van der Waals surface area contributed by atoms with E-state index in [2.05, 4.69) is 15.9 Å². The molecule has 21 heavy (non-hydrogen) atoms. The second-order valence-corrected chi connectivity index (χ2v) is 7.46. The molecule has 0 aromatic heterocycles. The predicted octanol–water partition coefficient (Wildman–Crippen LogP) is 3.87. The van der Waals surface area contributed by atoms with Crippen molar-refractivity contribution in [3.63, 3.8) is 0 Å². The third kappa shape index (κ3) is 3.97. The lowest BCUT2D eigenvalue weighted by atomic mass is 10.2. The molecule has 0 heterocycles. The van der Waals surface area contributed by atoms with Crippen molar-refractivity contribution in [2.45, 2.75) is 4.90 Å². The Morgan fingerprint density at radius 1 is 1.10 bits per heavy atom. The first-order valence-electron chi connectivity index (χ1n) is 5.57. The highest BCUT2D eigenvalue weighted by Gasteiger charge is 2.20. The summed E-state index contributed by atoms with van der Waals surface area (Å²) in [5.74, 6) is -0.823. The third-order valence-corrected chi connectivity index (χ3v) is 4.88. The third-order valence-electron chi connectivity index (χ3n) is 2.51. The van der Waals surface area contributed by atoms with Crippen LogP contribution in [0.2, 0.25) is 10.0 Å². The summed E-state index contributed by atoms with van der Waals surface area (Å²) in [7, 11) is -3.98. The fraction of sp³-hybridized carbons (Fsp3) is 0. The van der Waals surface area contributed by atoms with E-state index in [4.69, 9.17) is 23.2 Å². The van der Waals surface area contributed by atoms with E-state index < -0.39 is 15.9 Å². The van der Waals surface area contributed by atoms with Gasteiger partial charge in [0.2, 0.25) is 0 Å². The maximum absolute atomic E-state index is 12.1. The van der Waals surface area contributed by atoms with Gasteiger partial charge in [-0.25, -0.2) is 13.1 Å². The number of benzene rings is 2. The molecule has 0 aliphatic carbocycles. The molecule has 0 saturated heterocycles. The standard InChI is InChI=1S/C13H8BrCl2NO3S/c14-8-2-1-3-10(6-8)21(19,20)17-13(18)11-5-4-9(15)7-12(11)16/h1-7H,(H,17,18). The summed E-state index contributed by atoms with van der Waals surface area (Å²) in [6.45, 7) is 0. The van der Waals surface area contributed by atoms with Crippen molar-refractivity contribution in [2.24, 2.45) is 0 Å². The first-order chi connectivity index (χ1) is 9.79. The minimum Gasteiger partial charge on any atom is -0.268 e. The Labute approximate surface area is 140 Å². The molecule has 8 heteroatoms. The van der Waals surface area contributed by atoms with Gasteiger partial charge in [-0.3, -0.25) is 4.79 Å². The zero-order valence-corrected chi connectivity index (χ0v) is 14.2. The number of carbonyl (C=O) groups excluding carboxylic acids is 1. The van der Waals surface area contributed by atoms with Crippen LogP contribution in [0.4, 0.5) is 0 Å². The molecule has 1 amide bonds. The van der Waals surface area contributed by atoms with Gasteiger partial charge in [-0.1, -0.05) is 45.2 Å². The van der Waals surface area contributed by atoms with E-state index in [1.807, 2.05) is 4.72 Å². The van der Waals surface area contributed by atoms with Gasteiger partial charge in [0.25, 0.3) is 15.9 Å². The molecule has 0 bridgehead atoms. The normalized spacial score (nSPS) is 11.2. The van der Waals surface area contributed by atoms with Gasteiger partial charge in [-0.2, -0.15) is 0 Å². The van der Waals surface area contributed by atoms with Crippen molar-refractivity contribution in [1.82, 2.24) is 4.72 Å². The molecule has 2 rings (SSSR count). The van der Waals surface area contributed by atoms with Crippen LogP contribution in [0.1, 0.15) is 10.4 Å². The quantitative estimate of drug-likeness (QED) is 0.838. The van der Waals surface area contributed by atoms with E-state index in [9.17, 15) is 13.2 Å². The van der Waals surface area contributed by atoms with Crippen LogP contribution < -0.4 is 4.72 Å². The van der Waals surface area contributed by atoms with E-state index in [1.165, 1.54) is 30.3 Å². The number of hydrogen-bond donors (Lipinski definition) is 1. The molecular formula is C13H8BrCl2NO3S. The molecule has 0 aliphatic rings. The van der Waals surface area contributed by atoms with Crippen molar-refractivity contribution in [3.05, 3.63) is 62.5 Å². The molecule has 0 spiro atoms. The minimum atomic E-state index is -3.98. The number of nitrogens with one attached hydrogen (secondary N) is 1. The Kier molecular flexibility index (Phi) is 4.93. The monoisotopic (exact) mass is 407 g/mol. The molecule has 2 aromatic carbocycles. The van der Waals surface area contributed by atoms with Crippen LogP contribution in [-0.4, -0.2) is 14.3 Å². The number of sulfonamides is 1. The van der Waals surface area contributed by atoms with Crippen LogP contribution >= 0.6 is 39.1 Å². The number of amides is 1. The second-order valence-electron chi connectivity index (χ2n) is 4.02. The van der Waals surface area contributed by atoms with Gasteiger partial charge in [0.1, 0.15) is 0 Å². The van der Waals surface area contributed by atoms with Gasteiger partial charge in [0, 0.05) is 9.50 Å². The largest absolute Gasteiger partial charge is 0.268 e. The highest BCUT2D eigenvalue weighted by Crippen LogP contribution is 2.22. The van der Waals surface area contributed by atoms with Crippen LogP contribution in [0.25, 0.3) is 0 Å². The summed E-state index contributed by atoms with van der Waals surface area (Å²) in [5.41, 5.74) is 0.0274. The summed E-state index contributed by atoms with van der Waals surface area (Å²) < 4.78 is 26.8. The molecule has 110 valence electrons. The highest BCUT2D eigenvalue weighted by atomic mass is 79.9. The summed E-state index contributed by atoms with van der Waals surface area (Å²) >= 11 is 14.8. The van der Waals surface area contributed by atoms with Crippen LogP contribution in [0.15, 0.2) is 51.8 Å². The van der Waals surface area contributed by atoms with Crippen LogP contribution in [0.5, 0.6) is 0 Å². The van der Waals surface area contributed by atoms with Crippen molar-refractivity contribution >= 4 is 55.1 Å². The average molecular weight is 409 g/mol. The lowest BCUT2D eigenvalue weighted by Gasteiger charge is -2.08. The summed E-state index contributed by atoms with van der Waals surface area (Å²) in [6.07, 6.45) is 0. The van der Waals surface area contributed by atoms with Gasteiger partial charge in [0.05, 0.1) is 15.5 Å². The number of halogens is 3.